The van der Waals surface area contributed by atoms with Gasteiger partial charge in [-0.3, -0.25) is 0 Å². The SMILES string of the molecule is C=C=C(CCCCNC(=C)C)C(C)C. The van der Waals surface area contributed by atoms with Crippen molar-refractivity contribution in [2.45, 2.75) is 40.0 Å². The molecule has 14 heavy (non-hydrogen) atoms. The predicted molar refractivity (Wildman–Crippen MR) is 64.2 cm³/mol. The van der Waals surface area contributed by atoms with Crippen LogP contribution in [0.5, 0.6) is 0 Å². The van der Waals surface area contributed by atoms with Crippen LogP contribution >= 0.6 is 0 Å². The van der Waals surface area contributed by atoms with Gasteiger partial charge in [-0.15, -0.1) is 5.73 Å². The van der Waals surface area contributed by atoms with Crippen LogP contribution in [0.3, 0.4) is 0 Å². The number of rotatable bonds is 7. The lowest BCUT2D eigenvalue weighted by Gasteiger charge is -2.09. The largest absolute Gasteiger partial charge is 0.389 e. The Hall–Kier alpha value is -0.940. The monoisotopic (exact) mass is 193 g/mol. The second-order valence-electron chi connectivity index (χ2n) is 4.02. The lowest BCUT2D eigenvalue weighted by Crippen LogP contribution is -2.11. The second-order valence-corrected chi connectivity index (χ2v) is 4.02. The summed E-state index contributed by atoms with van der Waals surface area (Å²) in [6.45, 7) is 14.9. The topological polar surface area (TPSA) is 12.0 Å². The number of nitrogens with one attached hydrogen (secondary N) is 1. The first-order valence-corrected chi connectivity index (χ1v) is 5.36. The van der Waals surface area contributed by atoms with E-state index >= 15 is 0 Å². The molecular weight excluding hydrogens is 170 g/mol. The highest BCUT2D eigenvalue weighted by Crippen LogP contribution is 2.14. The molecule has 0 saturated carbocycles. The van der Waals surface area contributed by atoms with E-state index in [1.165, 1.54) is 18.4 Å². The van der Waals surface area contributed by atoms with Crippen LogP contribution in [0.1, 0.15) is 40.0 Å². The molecule has 1 heteroatoms. The van der Waals surface area contributed by atoms with Gasteiger partial charge in [0.15, 0.2) is 0 Å². The van der Waals surface area contributed by atoms with Crippen LogP contribution in [0, 0.1) is 5.92 Å². The molecular formula is C13H23N. The quantitative estimate of drug-likeness (QED) is 0.481. The van der Waals surface area contributed by atoms with Crippen molar-refractivity contribution in [3.63, 3.8) is 0 Å². The summed E-state index contributed by atoms with van der Waals surface area (Å²) >= 11 is 0. The molecule has 0 heterocycles. The molecule has 0 aliphatic heterocycles. The average Bonchev–Trinajstić information content (AvgIpc) is 2.10. The summed E-state index contributed by atoms with van der Waals surface area (Å²) in [6.07, 6.45) is 3.51. The standard InChI is InChI=1S/C13H23N/c1-6-13(11(2)3)9-7-8-10-14-12(4)5/h11,14H,1,4,7-10H2,2-3,5H3. The van der Waals surface area contributed by atoms with E-state index < -0.39 is 0 Å². The normalized spacial score (nSPS) is 9.71. The van der Waals surface area contributed by atoms with Gasteiger partial charge in [0.2, 0.25) is 0 Å². The van der Waals surface area contributed by atoms with Gasteiger partial charge in [-0.25, -0.2) is 0 Å². The molecule has 1 N–H and O–H groups in total. The van der Waals surface area contributed by atoms with Gasteiger partial charge >= 0.3 is 0 Å². The van der Waals surface area contributed by atoms with Crippen LogP contribution in [-0.2, 0) is 0 Å². The Morgan fingerprint density at radius 1 is 1.36 bits per heavy atom. The van der Waals surface area contributed by atoms with Crippen LogP contribution in [0.2, 0.25) is 0 Å². The van der Waals surface area contributed by atoms with E-state index in [9.17, 15) is 0 Å². The Morgan fingerprint density at radius 2 is 2.00 bits per heavy atom. The highest BCUT2D eigenvalue weighted by molar-refractivity contribution is 5.01. The number of unbranched alkanes of at least 4 members (excludes halogenated alkanes) is 1. The zero-order valence-corrected chi connectivity index (χ0v) is 9.82. The van der Waals surface area contributed by atoms with E-state index in [0.717, 1.165) is 18.7 Å². The molecule has 0 radical (unpaired) electrons. The van der Waals surface area contributed by atoms with Gasteiger partial charge in [0.25, 0.3) is 0 Å². The van der Waals surface area contributed by atoms with Crippen LogP contribution in [0.15, 0.2) is 30.2 Å². The van der Waals surface area contributed by atoms with Crippen molar-refractivity contribution in [2.24, 2.45) is 5.92 Å². The molecule has 0 unspecified atom stereocenters. The fourth-order valence-electron chi connectivity index (χ4n) is 1.32. The first-order chi connectivity index (χ1) is 6.57. The van der Waals surface area contributed by atoms with Gasteiger partial charge in [0, 0.05) is 12.2 Å². The maximum Gasteiger partial charge on any atom is 0.0143 e. The lowest BCUT2D eigenvalue weighted by atomic mass is 9.99. The van der Waals surface area contributed by atoms with Crippen molar-refractivity contribution >= 4 is 0 Å². The van der Waals surface area contributed by atoms with E-state index in [4.69, 9.17) is 0 Å². The van der Waals surface area contributed by atoms with Crippen molar-refractivity contribution in [1.29, 1.82) is 0 Å². The number of allylic oxidation sites excluding steroid dienone is 2. The summed E-state index contributed by atoms with van der Waals surface area (Å²) in [5.41, 5.74) is 5.43. The molecule has 0 spiro atoms. The number of hydrogen-bond acceptors (Lipinski definition) is 1. The van der Waals surface area contributed by atoms with Gasteiger partial charge in [-0.1, -0.05) is 27.0 Å². The van der Waals surface area contributed by atoms with Gasteiger partial charge in [0.1, 0.15) is 0 Å². The van der Waals surface area contributed by atoms with Crippen LogP contribution in [0.4, 0.5) is 0 Å². The highest BCUT2D eigenvalue weighted by Gasteiger charge is 2.01. The van der Waals surface area contributed by atoms with Crippen molar-refractivity contribution in [3.05, 3.63) is 30.2 Å². The summed E-state index contributed by atoms with van der Waals surface area (Å²) in [7, 11) is 0. The molecule has 0 atom stereocenters. The van der Waals surface area contributed by atoms with Gasteiger partial charge < -0.3 is 5.32 Å². The van der Waals surface area contributed by atoms with Crippen molar-refractivity contribution in [1.82, 2.24) is 5.32 Å². The molecule has 0 fully saturated rings. The third-order valence-electron chi connectivity index (χ3n) is 2.22. The molecule has 0 aromatic heterocycles. The fraction of sp³-hybridized carbons (Fsp3) is 0.615. The zero-order valence-electron chi connectivity index (χ0n) is 9.82. The minimum Gasteiger partial charge on any atom is -0.389 e. The fourth-order valence-corrected chi connectivity index (χ4v) is 1.32. The maximum absolute atomic E-state index is 3.79. The molecule has 0 bridgehead atoms. The third kappa shape index (κ3) is 6.56. The average molecular weight is 193 g/mol. The molecule has 0 aliphatic rings. The van der Waals surface area contributed by atoms with Crippen molar-refractivity contribution in [3.8, 4) is 0 Å². The molecule has 0 aromatic rings. The summed E-state index contributed by atoms with van der Waals surface area (Å²) in [5.74, 6) is 0.585. The molecule has 0 amide bonds. The van der Waals surface area contributed by atoms with Gasteiger partial charge in [-0.2, -0.15) is 0 Å². The Morgan fingerprint density at radius 3 is 2.43 bits per heavy atom. The summed E-state index contributed by atoms with van der Waals surface area (Å²) < 4.78 is 0. The van der Waals surface area contributed by atoms with Crippen molar-refractivity contribution in [2.75, 3.05) is 6.54 Å². The molecule has 80 valence electrons. The first-order valence-electron chi connectivity index (χ1n) is 5.36. The predicted octanol–water partition coefficient (Wildman–Crippen LogP) is 3.65. The summed E-state index contributed by atoms with van der Waals surface area (Å²) in [4.78, 5) is 0. The third-order valence-corrected chi connectivity index (χ3v) is 2.22. The Labute approximate surface area is 88.6 Å². The zero-order chi connectivity index (χ0) is 11.0. The first kappa shape index (κ1) is 13.1. The van der Waals surface area contributed by atoms with Gasteiger partial charge in [-0.05, 0) is 37.7 Å². The molecule has 0 saturated heterocycles. The Kier molecular flexibility index (Phi) is 6.96. The van der Waals surface area contributed by atoms with Crippen LogP contribution in [0.25, 0.3) is 0 Å². The summed E-state index contributed by atoms with van der Waals surface area (Å²) in [5, 5.41) is 3.23. The maximum atomic E-state index is 3.79. The van der Waals surface area contributed by atoms with Crippen molar-refractivity contribution < 1.29 is 0 Å². The molecule has 0 aliphatic carbocycles. The molecule has 0 rings (SSSR count). The molecule has 0 aromatic carbocycles. The van der Waals surface area contributed by atoms with Crippen LogP contribution < -0.4 is 5.32 Å². The minimum atomic E-state index is 0.585. The molecule has 1 nitrogen and oxygen atoms in total. The van der Waals surface area contributed by atoms with E-state index in [-0.39, 0.29) is 0 Å². The van der Waals surface area contributed by atoms with Gasteiger partial charge in [0.05, 0.1) is 0 Å². The van der Waals surface area contributed by atoms with E-state index in [1.54, 1.807) is 0 Å². The summed E-state index contributed by atoms with van der Waals surface area (Å²) in [6, 6.07) is 0. The lowest BCUT2D eigenvalue weighted by molar-refractivity contribution is 0.635. The van der Waals surface area contributed by atoms with E-state index in [1.807, 2.05) is 6.92 Å². The van der Waals surface area contributed by atoms with Crippen LogP contribution in [-0.4, -0.2) is 6.54 Å². The number of hydrogen-bond donors (Lipinski definition) is 1. The van der Waals surface area contributed by atoms with E-state index in [2.05, 4.69) is 38.1 Å². The Balaban J connectivity index is 3.54. The second kappa shape index (κ2) is 7.46. The smallest absolute Gasteiger partial charge is 0.0143 e. The Bertz CT molecular complexity index is 219. The van der Waals surface area contributed by atoms with E-state index in [0.29, 0.717) is 5.92 Å². The highest BCUT2D eigenvalue weighted by atomic mass is 14.9. The minimum absolute atomic E-state index is 0.585.